The summed E-state index contributed by atoms with van der Waals surface area (Å²) in [7, 11) is 0. The highest BCUT2D eigenvalue weighted by molar-refractivity contribution is 6.07. The highest BCUT2D eigenvalue weighted by Crippen LogP contribution is 2.39. The molecule has 2 aromatic carbocycles. The van der Waals surface area contributed by atoms with Gasteiger partial charge in [0.2, 0.25) is 0 Å². The molecule has 0 bridgehead atoms. The van der Waals surface area contributed by atoms with Crippen molar-refractivity contribution in [1.29, 1.82) is 0 Å². The molecule has 1 saturated heterocycles. The van der Waals surface area contributed by atoms with E-state index in [1.807, 2.05) is 0 Å². The number of rotatable bonds is 5. The molecule has 3 amide bonds. The summed E-state index contributed by atoms with van der Waals surface area (Å²) in [5.41, 5.74) is -1.67. The fraction of sp³-hybridized carbons (Fsp3) is 0.263. The molecule has 3 rings (SSSR count). The van der Waals surface area contributed by atoms with Gasteiger partial charge >= 0.3 is 12.2 Å². The molecule has 2 N–H and O–H groups in total. The predicted molar refractivity (Wildman–Crippen MR) is 92.1 cm³/mol. The molecular weight excluding hydrogens is 361 g/mol. The highest BCUT2D eigenvalue weighted by atomic mass is 19.4. The number of benzene rings is 2. The molecule has 1 aliphatic heterocycles. The van der Waals surface area contributed by atoms with Crippen LogP contribution in [0, 0.1) is 0 Å². The molecule has 0 aromatic heterocycles. The Hall–Kier alpha value is -3.03. The number of carbonyl (C=O) groups excluding carboxylic acids is 2. The maximum Gasteiger partial charge on any atom is 0.417 e. The highest BCUT2D eigenvalue weighted by Gasteiger charge is 2.45. The molecule has 2 aromatic rings. The zero-order valence-corrected chi connectivity index (χ0v) is 14.4. The van der Waals surface area contributed by atoms with Crippen molar-refractivity contribution < 1.29 is 27.5 Å². The van der Waals surface area contributed by atoms with Crippen LogP contribution in [-0.4, -0.2) is 24.1 Å². The van der Waals surface area contributed by atoms with Crippen LogP contribution >= 0.6 is 0 Å². The third kappa shape index (κ3) is 3.74. The Bertz CT molecular complexity index is 868. The molecule has 8 heteroatoms. The van der Waals surface area contributed by atoms with Crippen LogP contribution in [-0.2, 0) is 11.0 Å². The molecule has 1 unspecified atom stereocenters. The molecule has 1 fully saturated rings. The minimum Gasteiger partial charge on any atom is -0.491 e. The molecule has 0 saturated carbocycles. The van der Waals surface area contributed by atoms with Gasteiger partial charge in [-0.25, -0.2) is 4.79 Å². The maximum absolute atomic E-state index is 13.5. The quantitative estimate of drug-likeness (QED) is 0.779. The van der Waals surface area contributed by atoms with Crippen molar-refractivity contribution in [1.82, 2.24) is 10.6 Å². The van der Waals surface area contributed by atoms with Crippen molar-refractivity contribution >= 4 is 11.9 Å². The standard InChI is InChI=1S/C19H17F3N2O3/c1-2-18(16(25)23-17(26)24-18)11-27-13-8-9-14(12-6-4-3-5-7-12)15(10-13)19(20,21)22/h3-10H,2,11H2,1H3,(H2,23,24,25,26). The fourth-order valence-electron chi connectivity index (χ4n) is 2.90. The normalized spacial score (nSPS) is 19.6. The molecule has 142 valence electrons. The Labute approximate surface area is 153 Å². The van der Waals surface area contributed by atoms with Crippen molar-refractivity contribution in [2.75, 3.05) is 6.61 Å². The summed E-state index contributed by atoms with van der Waals surface area (Å²) in [5, 5.41) is 4.58. The third-order valence-corrected chi connectivity index (χ3v) is 4.48. The smallest absolute Gasteiger partial charge is 0.417 e. The van der Waals surface area contributed by atoms with E-state index < -0.39 is 29.2 Å². The van der Waals surface area contributed by atoms with Crippen LogP contribution in [0.15, 0.2) is 48.5 Å². The number of carbonyl (C=O) groups is 2. The van der Waals surface area contributed by atoms with Crippen LogP contribution in [0.5, 0.6) is 5.75 Å². The van der Waals surface area contributed by atoms with Gasteiger partial charge in [0.1, 0.15) is 12.4 Å². The summed E-state index contributed by atoms with van der Waals surface area (Å²) in [5.74, 6) is -0.601. The second-order valence-corrected chi connectivity index (χ2v) is 6.20. The lowest BCUT2D eigenvalue weighted by Gasteiger charge is -2.24. The van der Waals surface area contributed by atoms with E-state index in [2.05, 4.69) is 10.6 Å². The first-order chi connectivity index (χ1) is 12.7. The van der Waals surface area contributed by atoms with E-state index in [0.29, 0.717) is 5.56 Å². The first-order valence-electron chi connectivity index (χ1n) is 8.28. The average molecular weight is 378 g/mol. The fourth-order valence-corrected chi connectivity index (χ4v) is 2.90. The van der Waals surface area contributed by atoms with Crippen molar-refractivity contribution in [2.24, 2.45) is 0 Å². The zero-order chi connectivity index (χ0) is 19.7. The molecule has 1 aliphatic rings. The molecule has 0 spiro atoms. The summed E-state index contributed by atoms with van der Waals surface area (Å²) in [6.07, 6.45) is -4.34. The van der Waals surface area contributed by atoms with E-state index in [1.165, 1.54) is 12.1 Å². The van der Waals surface area contributed by atoms with Gasteiger partial charge in [-0.15, -0.1) is 0 Å². The van der Waals surface area contributed by atoms with Gasteiger partial charge in [-0.3, -0.25) is 10.1 Å². The lowest BCUT2D eigenvalue weighted by atomic mass is 9.97. The SMILES string of the molecule is CCC1(COc2ccc(-c3ccccc3)c(C(F)(F)F)c2)NC(=O)NC1=O. The Balaban J connectivity index is 1.89. The van der Waals surface area contributed by atoms with E-state index >= 15 is 0 Å². The summed E-state index contributed by atoms with van der Waals surface area (Å²) in [6, 6.07) is 11.2. The predicted octanol–water partition coefficient (Wildman–Crippen LogP) is 3.74. The number of nitrogens with one attached hydrogen (secondary N) is 2. The topological polar surface area (TPSA) is 67.4 Å². The van der Waals surface area contributed by atoms with Crippen LogP contribution in [0.3, 0.4) is 0 Å². The number of halogens is 3. The second-order valence-electron chi connectivity index (χ2n) is 6.20. The van der Waals surface area contributed by atoms with E-state index in [0.717, 1.165) is 6.07 Å². The number of hydrogen-bond acceptors (Lipinski definition) is 3. The van der Waals surface area contributed by atoms with Crippen LogP contribution in [0.2, 0.25) is 0 Å². The number of urea groups is 1. The largest absolute Gasteiger partial charge is 0.491 e. The van der Waals surface area contributed by atoms with Gasteiger partial charge in [0.05, 0.1) is 5.56 Å². The summed E-state index contributed by atoms with van der Waals surface area (Å²) in [6.45, 7) is 1.40. The minimum absolute atomic E-state index is 0.0348. The molecule has 27 heavy (non-hydrogen) atoms. The Morgan fingerprint density at radius 2 is 1.78 bits per heavy atom. The van der Waals surface area contributed by atoms with Gasteiger partial charge in [0, 0.05) is 0 Å². The summed E-state index contributed by atoms with van der Waals surface area (Å²) in [4.78, 5) is 23.3. The van der Waals surface area contributed by atoms with E-state index in [4.69, 9.17) is 4.74 Å². The van der Waals surface area contributed by atoms with Crippen LogP contribution in [0.25, 0.3) is 11.1 Å². The monoisotopic (exact) mass is 378 g/mol. The van der Waals surface area contributed by atoms with E-state index in [9.17, 15) is 22.8 Å². The minimum atomic E-state index is -4.58. The third-order valence-electron chi connectivity index (χ3n) is 4.48. The van der Waals surface area contributed by atoms with Gasteiger partial charge in [-0.05, 0) is 29.7 Å². The van der Waals surface area contributed by atoms with Crippen molar-refractivity contribution in [2.45, 2.75) is 25.1 Å². The second kappa shape index (κ2) is 6.94. The van der Waals surface area contributed by atoms with Gasteiger partial charge in [-0.2, -0.15) is 13.2 Å². The lowest BCUT2D eigenvalue weighted by Crippen LogP contribution is -2.51. The van der Waals surface area contributed by atoms with Gasteiger partial charge in [0.25, 0.3) is 5.91 Å². The van der Waals surface area contributed by atoms with Gasteiger partial charge < -0.3 is 10.1 Å². The zero-order valence-electron chi connectivity index (χ0n) is 14.4. The molecule has 5 nitrogen and oxygen atoms in total. The first-order valence-corrected chi connectivity index (χ1v) is 8.28. The Morgan fingerprint density at radius 3 is 2.33 bits per heavy atom. The van der Waals surface area contributed by atoms with Gasteiger partial charge in [-0.1, -0.05) is 43.3 Å². The number of ether oxygens (including phenoxy) is 1. The maximum atomic E-state index is 13.5. The van der Waals surface area contributed by atoms with Crippen molar-refractivity contribution in [3.8, 4) is 16.9 Å². The lowest BCUT2D eigenvalue weighted by molar-refractivity contribution is -0.137. The Morgan fingerprint density at radius 1 is 1.07 bits per heavy atom. The number of imide groups is 1. The molecular formula is C19H17F3N2O3. The van der Waals surface area contributed by atoms with E-state index in [-0.39, 0.29) is 24.3 Å². The van der Waals surface area contributed by atoms with Crippen molar-refractivity contribution in [3.63, 3.8) is 0 Å². The average Bonchev–Trinajstić information content (AvgIpc) is 2.93. The summed E-state index contributed by atoms with van der Waals surface area (Å²) >= 11 is 0. The number of hydrogen-bond donors (Lipinski definition) is 2. The van der Waals surface area contributed by atoms with Gasteiger partial charge in [0.15, 0.2) is 5.54 Å². The van der Waals surface area contributed by atoms with Crippen LogP contribution in [0.1, 0.15) is 18.9 Å². The van der Waals surface area contributed by atoms with Crippen LogP contribution in [0.4, 0.5) is 18.0 Å². The molecule has 0 aliphatic carbocycles. The molecule has 1 atom stereocenters. The van der Waals surface area contributed by atoms with Crippen molar-refractivity contribution in [3.05, 3.63) is 54.1 Å². The van der Waals surface area contributed by atoms with Crippen LogP contribution < -0.4 is 15.4 Å². The Kier molecular flexibility index (Phi) is 4.82. The number of amides is 3. The molecule has 0 radical (unpaired) electrons. The van der Waals surface area contributed by atoms with E-state index in [1.54, 1.807) is 37.3 Å². The molecule has 1 heterocycles. The first kappa shape index (κ1) is 18.8. The summed E-state index contributed by atoms with van der Waals surface area (Å²) < 4.78 is 46.1. The number of alkyl halides is 3.